The number of ether oxygens (including phenoxy) is 1. The van der Waals surface area contributed by atoms with E-state index in [1.807, 2.05) is 18.3 Å². The molecule has 0 saturated heterocycles. The quantitative estimate of drug-likeness (QED) is 0.820. The van der Waals surface area contributed by atoms with Crippen LogP contribution in [0.3, 0.4) is 0 Å². The normalized spacial score (nSPS) is 16.0. The van der Waals surface area contributed by atoms with E-state index in [9.17, 15) is 5.11 Å². The summed E-state index contributed by atoms with van der Waals surface area (Å²) in [5.41, 5.74) is 0.599. The fraction of sp³-hybridized carbons (Fsp3) is 0.529. The summed E-state index contributed by atoms with van der Waals surface area (Å²) >= 11 is 1.83. The van der Waals surface area contributed by atoms with Gasteiger partial charge in [-0.2, -0.15) is 0 Å². The van der Waals surface area contributed by atoms with Crippen LogP contribution < -0.4 is 5.32 Å². The highest BCUT2D eigenvalue weighted by Gasteiger charge is 2.22. The van der Waals surface area contributed by atoms with Crippen LogP contribution in [0.2, 0.25) is 0 Å². The minimum Gasteiger partial charge on any atom is -0.389 e. The molecule has 0 spiro atoms. The second-order valence-electron chi connectivity index (χ2n) is 5.93. The molecule has 3 nitrogen and oxygen atoms in total. The fourth-order valence-corrected chi connectivity index (χ4v) is 3.72. The van der Waals surface area contributed by atoms with Gasteiger partial charge in [0.15, 0.2) is 0 Å². The summed E-state index contributed by atoms with van der Waals surface area (Å²) in [6.07, 6.45) is 0.634. The maximum atomic E-state index is 10.3. The third-order valence-electron chi connectivity index (χ3n) is 3.91. The summed E-state index contributed by atoms with van der Waals surface area (Å²) in [6.45, 7) is 7.32. The highest BCUT2D eigenvalue weighted by Crippen LogP contribution is 2.34. The van der Waals surface area contributed by atoms with Crippen molar-refractivity contribution in [2.45, 2.75) is 38.8 Å². The maximum Gasteiger partial charge on any atom is 0.0765 e. The number of fused-ring (bicyclic) bond motifs is 1. The summed E-state index contributed by atoms with van der Waals surface area (Å²) in [5, 5.41) is 15.1. The molecule has 0 aliphatic rings. The first-order valence-electron chi connectivity index (χ1n) is 7.37. The lowest BCUT2D eigenvalue weighted by Gasteiger charge is -2.25. The number of aliphatic hydroxyl groups is 1. The van der Waals surface area contributed by atoms with Gasteiger partial charge in [-0.15, -0.1) is 11.3 Å². The van der Waals surface area contributed by atoms with Crippen LogP contribution in [0.15, 0.2) is 24.3 Å². The van der Waals surface area contributed by atoms with Crippen molar-refractivity contribution in [3.05, 3.63) is 34.7 Å². The SMILES string of the molecule is COCCC(C)(O)CNC(C)c1sc2ccccc2c1C. The van der Waals surface area contributed by atoms with Gasteiger partial charge in [-0.3, -0.25) is 0 Å². The predicted molar refractivity (Wildman–Crippen MR) is 90.1 cm³/mol. The second-order valence-corrected chi connectivity index (χ2v) is 7.01. The minimum atomic E-state index is -0.741. The number of rotatable bonds is 7. The largest absolute Gasteiger partial charge is 0.389 e. The lowest BCUT2D eigenvalue weighted by Crippen LogP contribution is -2.39. The van der Waals surface area contributed by atoms with E-state index >= 15 is 0 Å². The van der Waals surface area contributed by atoms with Crippen LogP contribution in [0.4, 0.5) is 0 Å². The van der Waals surface area contributed by atoms with Crippen LogP contribution in [-0.4, -0.2) is 31.0 Å². The Labute approximate surface area is 130 Å². The van der Waals surface area contributed by atoms with Gasteiger partial charge in [0.2, 0.25) is 0 Å². The molecule has 0 aliphatic carbocycles. The average Bonchev–Trinajstić information content (AvgIpc) is 2.81. The average molecular weight is 307 g/mol. The lowest BCUT2D eigenvalue weighted by molar-refractivity contribution is 0.0232. The molecule has 0 bridgehead atoms. The zero-order chi connectivity index (χ0) is 15.5. The molecule has 0 saturated carbocycles. The first-order valence-corrected chi connectivity index (χ1v) is 8.19. The number of thiophene rings is 1. The highest BCUT2D eigenvalue weighted by atomic mass is 32.1. The van der Waals surface area contributed by atoms with Gasteiger partial charge in [0.25, 0.3) is 0 Å². The molecule has 1 heterocycles. The van der Waals surface area contributed by atoms with Crippen LogP contribution in [-0.2, 0) is 4.74 Å². The van der Waals surface area contributed by atoms with Crippen LogP contribution in [0.5, 0.6) is 0 Å². The van der Waals surface area contributed by atoms with Gasteiger partial charge in [0, 0.05) is 42.3 Å². The Balaban J connectivity index is 2.05. The van der Waals surface area contributed by atoms with E-state index in [-0.39, 0.29) is 6.04 Å². The van der Waals surface area contributed by atoms with Gasteiger partial charge in [-0.1, -0.05) is 18.2 Å². The molecular formula is C17H25NO2S. The molecule has 21 heavy (non-hydrogen) atoms. The highest BCUT2D eigenvalue weighted by molar-refractivity contribution is 7.19. The van der Waals surface area contributed by atoms with Crippen molar-refractivity contribution in [2.75, 3.05) is 20.3 Å². The van der Waals surface area contributed by atoms with Gasteiger partial charge in [-0.05, 0) is 37.8 Å². The molecule has 0 radical (unpaired) electrons. The second kappa shape index (κ2) is 6.88. The maximum absolute atomic E-state index is 10.3. The predicted octanol–water partition coefficient (Wildman–Crippen LogP) is 3.65. The van der Waals surface area contributed by atoms with E-state index in [4.69, 9.17) is 4.74 Å². The number of aryl methyl sites for hydroxylation is 1. The summed E-state index contributed by atoms with van der Waals surface area (Å²) in [6, 6.07) is 8.73. The van der Waals surface area contributed by atoms with Crippen LogP contribution >= 0.6 is 11.3 Å². The molecule has 0 fully saturated rings. The lowest BCUT2D eigenvalue weighted by atomic mass is 10.0. The van der Waals surface area contributed by atoms with Crippen molar-refractivity contribution >= 4 is 21.4 Å². The van der Waals surface area contributed by atoms with Gasteiger partial charge < -0.3 is 15.2 Å². The van der Waals surface area contributed by atoms with Gasteiger partial charge in [0.05, 0.1) is 5.60 Å². The summed E-state index contributed by atoms with van der Waals surface area (Å²) in [5.74, 6) is 0. The molecule has 0 aliphatic heterocycles. The van der Waals surface area contributed by atoms with Crippen LogP contribution in [0.1, 0.15) is 36.8 Å². The first-order chi connectivity index (χ1) is 9.94. The van der Waals surface area contributed by atoms with Crippen molar-refractivity contribution < 1.29 is 9.84 Å². The molecule has 2 atom stereocenters. The summed E-state index contributed by atoms with van der Waals surface area (Å²) in [4.78, 5) is 1.35. The third kappa shape index (κ3) is 4.04. The number of hydrogen-bond donors (Lipinski definition) is 2. The molecule has 2 unspecified atom stereocenters. The Bertz CT molecular complexity index is 591. The Hall–Kier alpha value is -0.940. The Morgan fingerprint density at radius 1 is 1.38 bits per heavy atom. The standard InChI is InChI=1S/C17H25NO2S/c1-12-14-7-5-6-8-15(14)21-16(12)13(2)18-11-17(3,19)9-10-20-4/h5-8,13,18-19H,9-11H2,1-4H3. The third-order valence-corrected chi connectivity index (χ3v) is 5.36. The molecule has 1 aromatic carbocycles. The Morgan fingerprint density at radius 2 is 2.10 bits per heavy atom. The fourth-order valence-electron chi connectivity index (χ4n) is 2.48. The number of nitrogens with one attached hydrogen (secondary N) is 1. The van der Waals surface area contributed by atoms with E-state index in [1.165, 1.54) is 20.5 Å². The summed E-state index contributed by atoms with van der Waals surface area (Å²) < 4.78 is 6.37. The van der Waals surface area contributed by atoms with Crippen LogP contribution in [0, 0.1) is 6.92 Å². The van der Waals surface area contributed by atoms with E-state index in [2.05, 4.69) is 43.4 Å². The smallest absolute Gasteiger partial charge is 0.0765 e. The van der Waals surface area contributed by atoms with Gasteiger partial charge in [-0.25, -0.2) is 0 Å². The Morgan fingerprint density at radius 3 is 2.76 bits per heavy atom. The molecular weight excluding hydrogens is 282 g/mol. The van der Waals surface area contributed by atoms with Crippen molar-refractivity contribution in [2.24, 2.45) is 0 Å². The molecule has 2 N–H and O–H groups in total. The van der Waals surface area contributed by atoms with Crippen molar-refractivity contribution in [1.29, 1.82) is 0 Å². The number of methoxy groups -OCH3 is 1. The van der Waals surface area contributed by atoms with Crippen molar-refractivity contribution in [1.82, 2.24) is 5.32 Å². The molecule has 0 amide bonds. The first kappa shape index (κ1) is 16.4. The van der Waals surface area contributed by atoms with Crippen molar-refractivity contribution in [3.8, 4) is 0 Å². The molecule has 4 heteroatoms. The number of hydrogen-bond acceptors (Lipinski definition) is 4. The zero-order valence-electron chi connectivity index (χ0n) is 13.3. The van der Waals surface area contributed by atoms with E-state index in [0.29, 0.717) is 19.6 Å². The van der Waals surface area contributed by atoms with Crippen molar-refractivity contribution in [3.63, 3.8) is 0 Å². The Kier molecular flexibility index (Phi) is 5.38. The van der Waals surface area contributed by atoms with Gasteiger partial charge in [0.1, 0.15) is 0 Å². The molecule has 2 rings (SSSR count). The van der Waals surface area contributed by atoms with E-state index in [0.717, 1.165) is 0 Å². The van der Waals surface area contributed by atoms with Crippen LogP contribution in [0.25, 0.3) is 10.1 Å². The summed E-state index contributed by atoms with van der Waals surface area (Å²) in [7, 11) is 1.66. The monoisotopic (exact) mass is 307 g/mol. The molecule has 2 aromatic rings. The minimum absolute atomic E-state index is 0.233. The molecule has 1 aromatic heterocycles. The van der Waals surface area contributed by atoms with E-state index in [1.54, 1.807) is 7.11 Å². The molecule has 116 valence electrons. The van der Waals surface area contributed by atoms with Gasteiger partial charge >= 0.3 is 0 Å². The topological polar surface area (TPSA) is 41.5 Å². The van der Waals surface area contributed by atoms with E-state index < -0.39 is 5.60 Å². The zero-order valence-corrected chi connectivity index (χ0v) is 14.1. The number of benzene rings is 1.